The summed E-state index contributed by atoms with van der Waals surface area (Å²) in [6, 6.07) is 8.17. The van der Waals surface area contributed by atoms with Gasteiger partial charge in [0.15, 0.2) is 0 Å². The van der Waals surface area contributed by atoms with E-state index in [9.17, 15) is 4.79 Å². The Morgan fingerprint density at radius 2 is 2.38 bits per heavy atom. The number of Topliss-reactive ketones (excluding diaryl/α,β-unsaturated/α-hetero) is 1. The van der Waals surface area contributed by atoms with Crippen LogP contribution in [0.15, 0.2) is 24.3 Å². The standard InChI is InChI=1S/C14H18O2/c1-11-4-2-5-12(8-11)9-14(15)13-6-3-7-16-10-13/h2,4-5,8,13H,3,6-7,9-10H2,1H3. The molecule has 2 rings (SSSR count). The van der Waals surface area contributed by atoms with Crippen LogP contribution in [0, 0.1) is 12.8 Å². The Labute approximate surface area is 96.6 Å². The number of rotatable bonds is 3. The highest BCUT2D eigenvalue weighted by molar-refractivity contribution is 5.83. The third kappa shape index (κ3) is 2.92. The van der Waals surface area contributed by atoms with E-state index < -0.39 is 0 Å². The summed E-state index contributed by atoms with van der Waals surface area (Å²) < 4.78 is 5.34. The minimum absolute atomic E-state index is 0.120. The maximum absolute atomic E-state index is 12.0. The summed E-state index contributed by atoms with van der Waals surface area (Å²) in [5, 5.41) is 0. The van der Waals surface area contributed by atoms with E-state index in [4.69, 9.17) is 4.74 Å². The highest BCUT2D eigenvalue weighted by atomic mass is 16.5. The summed E-state index contributed by atoms with van der Waals surface area (Å²) in [4.78, 5) is 12.0. The van der Waals surface area contributed by atoms with Crippen LogP contribution in [0.3, 0.4) is 0 Å². The second kappa shape index (κ2) is 5.26. The van der Waals surface area contributed by atoms with Crippen LogP contribution in [-0.4, -0.2) is 19.0 Å². The van der Waals surface area contributed by atoms with Gasteiger partial charge in [0.25, 0.3) is 0 Å². The predicted octanol–water partition coefficient (Wildman–Crippen LogP) is 2.53. The van der Waals surface area contributed by atoms with Crippen molar-refractivity contribution >= 4 is 5.78 Å². The van der Waals surface area contributed by atoms with E-state index in [1.807, 2.05) is 12.1 Å². The van der Waals surface area contributed by atoms with Crippen LogP contribution in [0.5, 0.6) is 0 Å². The highest BCUT2D eigenvalue weighted by Crippen LogP contribution is 2.17. The molecule has 86 valence electrons. The molecule has 2 heteroatoms. The molecule has 1 aromatic carbocycles. The van der Waals surface area contributed by atoms with Crippen LogP contribution in [0.25, 0.3) is 0 Å². The lowest BCUT2D eigenvalue weighted by molar-refractivity contribution is -0.126. The SMILES string of the molecule is Cc1cccc(CC(=O)C2CCCOC2)c1. The van der Waals surface area contributed by atoms with Crippen LogP contribution in [0.2, 0.25) is 0 Å². The molecule has 1 heterocycles. The van der Waals surface area contributed by atoms with Crippen molar-refractivity contribution in [1.29, 1.82) is 0 Å². The number of benzene rings is 1. The lowest BCUT2D eigenvalue weighted by Gasteiger charge is -2.20. The van der Waals surface area contributed by atoms with Crippen LogP contribution in [-0.2, 0) is 16.0 Å². The molecule has 1 aliphatic heterocycles. The second-order valence-electron chi connectivity index (χ2n) is 4.55. The van der Waals surface area contributed by atoms with E-state index in [0.717, 1.165) is 25.0 Å². The van der Waals surface area contributed by atoms with Crippen molar-refractivity contribution < 1.29 is 9.53 Å². The average Bonchev–Trinajstić information content (AvgIpc) is 2.30. The largest absolute Gasteiger partial charge is 0.381 e. The van der Waals surface area contributed by atoms with E-state index in [2.05, 4.69) is 19.1 Å². The Morgan fingerprint density at radius 1 is 1.50 bits per heavy atom. The fraction of sp³-hybridized carbons (Fsp3) is 0.500. The summed E-state index contributed by atoms with van der Waals surface area (Å²) in [5.41, 5.74) is 2.33. The molecule has 1 fully saturated rings. The lowest BCUT2D eigenvalue weighted by atomic mass is 9.93. The fourth-order valence-corrected chi connectivity index (χ4v) is 2.16. The van der Waals surface area contributed by atoms with Crippen molar-refractivity contribution in [2.45, 2.75) is 26.2 Å². The molecule has 0 spiro atoms. The van der Waals surface area contributed by atoms with E-state index in [1.54, 1.807) is 0 Å². The Hall–Kier alpha value is -1.15. The predicted molar refractivity (Wildman–Crippen MR) is 63.4 cm³/mol. The number of carbonyl (C=O) groups is 1. The van der Waals surface area contributed by atoms with Crippen molar-refractivity contribution in [2.75, 3.05) is 13.2 Å². The van der Waals surface area contributed by atoms with Gasteiger partial charge in [-0.15, -0.1) is 0 Å². The molecule has 16 heavy (non-hydrogen) atoms. The Kier molecular flexibility index (Phi) is 3.73. The second-order valence-corrected chi connectivity index (χ2v) is 4.55. The van der Waals surface area contributed by atoms with Gasteiger partial charge in [0.05, 0.1) is 6.61 Å². The molecule has 1 unspecified atom stereocenters. The van der Waals surface area contributed by atoms with Crippen LogP contribution >= 0.6 is 0 Å². The average molecular weight is 218 g/mol. The summed E-state index contributed by atoms with van der Waals surface area (Å²) in [6.45, 7) is 3.48. The Morgan fingerprint density at radius 3 is 3.06 bits per heavy atom. The molecule has 2 nitrogen and oxygen atoms in total. The van der Waals surface area contributed by atoms with Crippen molar-refractivity contribution in [3.8, 4) is 0 Å². The van der Waals surface area contributed by atoms with Gasteiger partial charge in [-0.2, -0.15) is 0 Å². The molecular weight excluding hydrogens is 200 g/mol. The number of hydrogen-bond donors (Lipinski definition) is 0. The molecule has 1 aliphatic rings. The van der Waals surface area contributed by atoms with E-state index >= 15 is 0 Å². The monoisotopic (exact) mass is 218 g/mol. The van der Waals surface area contributed by atoms with E-state index in [0.29, 0.717) is 18.8 Å². The van der Waals surface area contributed by atoms with Crippen molar-refractivity contribution in [3.05, 3.63) is 35.4 Å². The van der Waals surface area contributed by atoms with E-state index in [1.165, 1.54) is 5.56 Å². The first-order valence-corrected chi connectivity index (χ1v) is 5.92. The number of hydrogen-bond acceptors (Lipinski definition) is 2. The minimum Gasteiger partial charge on any atom is -0.381 e. The van der Waals surface area contributed by atoms with Gasteiger partial charge in [0, 0.05) is 18.9 Å². The first-order valence-electron chi connectivity index (χ1n) is 5.92. The minimum atomic E-state index is 0.120. The molecule has 0 aliphatic carbocycles. The number of ether oxygens (including phenoxy) is 1. The zero-order chi connectivity index (χ0) is 11.4. The smallest absolute Gasteiger partial charge is 0.142 e. The molecule has 1 atom stereocenters. The van der Waals surface area contributed by atoms with Gasteiger partial charge < -0.3 is 4.74 Å². The zero-order valence-electron chi connectivity index (χ0n) is 9.74. The Balaban J connectivity index is 1.96. The summed E-state index contributed by atoms with van der Waals surface area (Å²) in [6.07, 6.45) is 2.56. The summed E-state index contributed by atoms with van der Waals surface area (Å²) in [5.74, 6) is 0.444. The molecule has 0 N–H and O–H groups in total. The molecule has 1 saturated heterocycles. The molecule has 0 aromatic heterocycles. The van der Waals surface area contributed by atoms with Gasteiger partial charge in [-0.25, -0.2) is 0 Å². The van der Waals surface area contributed by atoms with Crippen molar-refractivity contribution in [1.82, 2.24) is 0 Å². The fourth-order valence-electron chi connectivity index (χ4n) is 2.16. The first kappa shape index (κ1) is 11.3. The Bertz CT molecular complexity index is 365. The van der Waals surface area contributed by atoms with Gasteiger partial charge in [-0.3, -0.25) is 4.79 Å². The first-order chi connectivity index (χ1) is 7.75. The van der Waals surface area contributed by atoms with Crippen LogP contribution in [0.1, 0.15) is 24.0 Å². The van der Waals surface area contributed by atoms with E-state index in [-0.39, 0.29) is 5.92 Å². The van der Waals surface area contributed by atoms with Gasteiger partial charge in [0.1, 0.15) is 5.78 Å². The summed E-state index contributed by atoms with van der Waals surface area (Å²) >= 11 is 0. The quantitative estimate of drug-likeness (QED) is 0.779. The maximum atomic E-state index is 12.0. The van der Waals surface area contributed by atoms with Gasteiger partial charge >= 0.3 is 0 Å². The molecular formula is C14H18O2. The van der Waals surface area contributed by atoms with Crippen LogP contribution < -0.4 is 0 Å². The number of aryl methyl sites for hydroxylation is 1. The third-order valence-electron chi connectivity index (χ3n) is 3.08. The van der Waals surface area contributed by atoms with Gasteiger partial charge in [0.2, 0.25) is 0 Å². The molecule has 0 saturated carbocycles. The van der Waals surface area contributed by atoms with Crippen LogP contribution in [0.4, 0.5) is 0 Å². The van der Waals surface area contributed by atoms with Gasteiger partial charge in [-0.05, 0) is 25.3 Å². The van der Waals surface area contributed by atoms with Gasteiger partial charge in [-0.1, -0.05) is 29.8 Å². The molecule has 1 aromatic rings. The molecule has 0 amide bonds. The topological polar surface area (TPSA) is 26.3 Å². The lowest BCUT2D eigenvalue weighted by Crippen LogP contribution is -2.26. The van der Waals surface area contributed by atoms with Crippen molar-refractivity contribution in [3.63, 3.8) is 0 Å². The number of ketones is 1. The zero-order valence-corrected chi connectivity index (χ0v) is 9.74. The normalized spacial score (nSPS) is 20.7. The maximum Gasteiger partial charge on any atom is 0.142 e. The van der Waals surface area contributed by atoms with Crippen molar-refractivity contribution in [2.24, 2.45) is 5.92 Å². The third-order valence-corrected chi connectivity index (χ3v) is 3.08. The molecule has 0 radical (unpaired) electrons. The highest BCUT2D eigenvalue weighted by Gasteiger charge is 2.21. The summed E-state index contributed by atoms with van der Waals surface area (Å²) in [7, 11) is 0. The molecule has 0 bridgehead atoms. The number of carbonyl (C=O) groups excluding carboxylic acids is 1.